The molecule has 0 aromatic rings. The lowest BCUT2D eigenvalue weighted by atomic mass is 9.64. The monoisotopic (exact) mass is 722 g/mol. The second-order valence-electron chi connectivity index (χ2n) is 18.6. The number of rotatable bonds is 9. The molecule has 0 unspecified atom stereocenters. The van der Waals surface area contributed by atoms with E-state index in [1.807, 2.05) is 0 Å². The number of esters is 4. The van der Waals surface area contributed by atoms with Crippen LogP contribution in [0.5, 0.6) is 0 Å². The largest absolute Gasteiger partial charge is 0.462 e. The average Bonchev–Trinajstić information content (AvgIpc) is 2.94. The Morgan fingerprint density at radius 1 is 0.804 bits per heavy atom. The first-order chi connectivity index (χ1) is 22.8. The number of allylic oxidation sites excluding steroid dienone is 1. The number of aliphatic hydroxyl groups is 1. The Balaban J connectivity index is 2.72. The summed E-state index contributed by atoms with van der Waals surface area (Å²) in [4.78, 5) is 65.5. The highest BCUT2D eigenvalue weighted by molar-refractivity contribution is 5.92. The zero-order valence-corrected chi connectivity index (χ0v) is 33.5. The van der Waals surface area contributed by atoms with Crippen LogP contribution in [0.3, 0.4) is 0 Å². The third-order valence-electron chi connectivity index (χ3n) is 8.73. The predicted molar refractivity (Wildman–Crippen MR) is 189 cm³/mol. The highest BCUT2D eigenvalue weighted by Crippen LogP contribution is 2.44. The van der Waals surface area contributed by atoms with Crippen molar-refractivity contribution in [2.45, 2.75) is 160 Å². The van der Waals surface area contributed by atoms with E-state index in [0.717, 1.165) is 0 Å². The molecule has 2 rings (SSSR count). The molecule has 7 atom stereocenters. The Morgan fingerprint density at radius 3 is 1.67 bits per heavy atom. The molecule has 290 valence electrons. The predicted octanol–water partition coefficient (Wildman–Crippen LogP) is 5.81. The van der Waals surface area contributed by atoms with Crippen LogP contribution >= 0.6 is 0 Å². The summed E-state index contributed by atoms with van der Waals surface area (Å²) in [5.74, 6) is -2.67. The molecule has 1 aliphatic carbocycles. The van der Waals surface area contributed by atoms with E-state index in [-0.39, 0.29) is 12.2 Å². The van der Waals surface area contributed by atoms with E-state index < -0.39 is 100.0 Å². The topological polar surface area (TPSA) is 161 Å². The minimum atomic E-state index is -1.48. The summed E-state index contributed by atoms with van der Waals surface area (Å²) >= 11 is 0. The molecule has 0 bridgehead atoms. The first-order valence-electron chi connectivity index (χ1n) is 17.6. The summed E-state index contributed by atoms with van der Waals surface area (Å²) in [6, 6.07) is 0. The van der Waals surface area contributed by atoms with Crippen molar-refractivity contribution in [2.75, 3.05) is 6.61 Å². The fraction of sp³-hybridized carbons (Fsp3) is 0.769. The number of carbonyl (C=O) groups excluding carboxylic acids is 5. The average molecular weight is 723 g/mol. The van der Waals surface area contributed by atoms with E-state index in [1.165, 1.54) is 6.08 Å². The van der Waals surface area contributed by atoms with Gasteiger partial charge < -0.3 is 33.5 Å². The molecule has 12 heteroatoms. The van der Waals surface area contributed by atoms with Gasteiger partial charge in [-0.15, -0.1) is 0 Å². The number of ketones is 1. The van der Waals surface area contributed by atoms with Gasteiger partial charge in [-0.25, -0.2) is 0 Å². The zero-order valence-electron chi connectivity index (χ0n) is 33.5. The van der Waals surface area contributed by atoms with Gasteiger partial charge in [-0.1, -0.05) is 19.9 Å². The Morgan fingerprint density at radius 2 is 1.24 bits per heavy atom. The van der Waals surface area contributed by atoms with Gasteiger partial charge >= 0.3 is 23.9 Å². The molecule has 0 spiro atoms. The SMILES string of the molecule is CC1=CC(=O)CC(C)(C)[C@@]1(O)/C=C/[C@H](C)O[C@@H]1O[C@H](COC(=O)C(C)(C)C)[C@@H](OC(=O)C(C)(C)C)[C@H](OC(=O)C(C)(C)C)[C@H]1OC(=O)C(C)(C)C. The molecule has 2 aliphatic rings. The van der Waals surface area contributed by atoms with Crippen molar-refractivity contribution >= 4 is 29.7 Å². The quantitative estimate of drug-likeness (QED) is 0.173. The van der Waals surface area contributed by atoms with Gasteiger partial charge in [0.25, 0.3) is 0 Å². The van der Waals surface area contributed by atoms with Crippen LogP contribution in [-0.4, -0.2) is 83.8 Å². The minimum absolute atomic E-state index is 0.0882. The second-order valence-corrected chi connectivity index (χ2v) is 18.6. The lowest BCUT2D eigenvalue weighted by Crippen LogP contribution is -2.64. The van der Waals surface area contributed by atoms with Gasteiger partial charge in [0.15, 0.2) is 30.4 Å². The first kappa shape index (κ1) is 44.1. The minimum Gasteiger partial charge on any atom is -0.462 e. The molecular weight excluding hydrogens is 660 g/mol. The van der Waals surface area contributed by atoms with Crippen molar-refractivity contribution in [3.8, 4) is 0 Å². The number of hydrogen-bond acceptors (Lipinski definition) is 12. The van der Waals surface area contributed by atoms with Crippen LogP contribution in [-0.2, 0) is 52.4 Å². The van der Waals surface area contributed by atoms with Crippen molar-refractivity contribution in [3.63, 3.8) is 0 Å². The summed E-state index contributed by atoms with van der Waals surface area (Å²) in [7, 11) is 0. The van der Waals surface area contributed by atoms with Crippen LogP contribution in [0.1, 0.15) is 117 Å². The summed E-state index contributed by atoms with van der Waals surface area (Å²) in [5.41, 5.74) is -5.76. The summed E-state index contributed by atoms with van der Waals surface area (Å²) in [5, 5.41) is 11.7. The first-order valence-corrected chi connectivity index (χ1v) is 17.6. The molecule has 1 saturated heterocycles. The third kappa shape index (κ3) is 11.2. The maximum atomic E-state index is 13.5. The van der Waals surface area contributed by atoms with Gasteiger partial charge in [0.2, 0.25) is 0 Å². The van der Waals surface area contributed by atoms with Crippen molar-refractivity contribution < 1.29 is 57.5 Å². The Kier molecular flexibility index (Phi) is 13.4. The van der Waals surface area contributed by atoms with Crippen LogP contribution in [0.4, 0.5) is 0 Å². The fourth-order valence-corrected chi connectivity index (χ4v) is 5.19. The van der Waals surface area contributed by atoms with Crippen LogP contribution in [0.25, 0.3) is 0 Å². The van der Waals surface area contributed by atoms with E-state index in [9.17, 15) is 29.1 Å². The summed E-state index contributed by atoms with van der Waals surface area (Å²) in [6.07, 6.45) is -3.10. The molecule has 0 aromatic carbocycles. The number of hydrogen-bond donors (Lipinski definition) is 1. The van der Waals surface area contributed by atoms with Crippen LogP contribution in [0.15, 0.2) is 23.8 Å². The van der Waals surface area contributed by atoms with Gasteiger partial charge in [0.1, 0.15) is 18.3 Å². The molecule has 0 saturated carbocycles. The molecule has 1 N–H and O–H groups in total. The van der Waals surface area contributed by atoms with Crippen molar-refractivity contribution in [3.05, 3.63) is 23.8 Å². The lowest BCUT2D eigenvalue weighted by molar-refractivity contribution is -0.316. The van der Waals surface area contributed by atoms with E-state index in [2.05, 4.69) is 0 Å². The molecular formula is C39H62O12. The molecule has 51 heavy (non-hydrogen) atoms. The van der Waals surface area contributed by atoms with E-state index in [4.69, 9.17) is 28.4 Å². The lowest BCUT2D eigenvalue weighted by Gasteiger charge is -2.46. The van der Waals surface area contributed by atoms with Crippen molar-refractivity contribution in [1.82, 2.24) is 0 Å². The van der Waals surface area contributed by atoms with E-state index in [1.54, 1.807) is 123 Å². The van der Waals surface area contributed by atoms with Crippen LogP contribution < -0.4 is 0 Å². The highest BCUT2D eigenvalue weighted by atomic mass is 16.7. The molecule has 1 fully saturated rings. The van der Waals surface area contributed by atoms with E-state index in [0.29, 0.717) is 5.57 Å². The maximum absolute atomic E-state index is 13.5. The molecule has 12 nitrogen and oxygen atoms in total. The van der Waals surface area contributed by atoms with Gasteiger partial charge in [-0.3, -0.25) is 24.0 Å². The molecule has 1 heterocycles. The van der Waals surface area contributed by atoms with Gasteiger partial charge in [-0.05, 0) is 115 Å². The van der Waals surface area contributed by atoms with E-state index >= 15 is 0 Å². The zero-order chi connectivity index (χ0) is 39.7. The fourth-order valence-electron chi connectivity index (χ4n) is 5.19. The van der Waals surface area contributed by atoms with Crippen molar-refractivity contribution in [2.24, 2.45) is 27.1 Å². The van der Waals surface area contributed by atoms with Crippen LogP contribution in [0, 0.1) is 27.1 Å². The number of carbonyl (C=O) groups is 5. The van der Waals surface area contributed by atoms with Gasteiger partial charge in [0.05, 0.1) is 27.8 Å². The molecule has 1 aliphatic heterocycles. The van der Waals surface area contributed by atoms with Crippen molar-refractivity contribution in [1.29, 1.82) is 0 Å². The molecule has 0 radical (unpaired) electrons. The Hall–Kier alpha value is -3.09. The van der Waals surface area contributed by atoms with Gasteiger partial charge in [0, 0.05) is 11.8 Å². The molecule has 0 aromatic heterocycles. The van der Waals surface area contributed by atoms with Crippen LogP contribution in [0.2, 0.25) is 0 Å². The smallest absolute Gasteiger partial charge is 0.311 e. The number of ether oxygens (including phenoxy) is 6. The normalized spacial score (nSPS) is 28.1. The standard InChI is InChI=1S/C39H62O12/c1-22-19-24(40)20-38(15,16)39(22,45)18-17-23(2)47-29-28(51-33(44)37(12,13)14)27(50-32(43)36(9,10)11)26(49-31(42)35(6,7)8)25(48-29)21-46-30(41)34(3,4)5/h17-19,23,25-29,45H,20-21H2,1-16H3/b18-17+/t23-,25+,26+,27-,28+,29+,39+/m0/s1. The summed E-state index contributed by atoms with van der Waals surface area (Å²) < 4.78 is 36.4. The van der Waals surface area contributed by atoms with Gasteiger partial charge in [-0.2, -0.15) is 0 Å². The Bertz CT molecular complexity index is 1380. The molecule has 0 amide bonds. The second kappa shape index (κ2) is 15.5. The highest BCUT2D eigenvalue weighted by Gasteiger charge is 2.55. The maximum Gasteiger partial charge on any atom is 0.311 e. The third-order valence-corrected chi connectivity index (χ3v) is 8.73. The summed E-state index contributed by atoms with van der Waals surface area (Å²) in [6.45, 7) is 26.4. The Labute approximate surface area is 303 Å².